The van der Waals surface area contributed by atoms with Crippen molar-refractivity contribution in [1.29, 1.82) is 0 Å². The number of anilines is 1. The highest BCUT2D eigenvalue weighted by atomic mass is 16.5. The summed E-state index contributed by atoms with van der Waals surface area (Å²) >= 11 is 0. The van der Waals surface area contributed by atoms with Crippen molar-refractivity contribution in [1.82, 2.24) is 15.5 Å². The third-order valence-corrected chi connectivity index (χ3v) is 1.49. The Hall–Kier alpha value is -1.43. The first kappa shape index (κ1) is 10.6. The van der Waals surface area contributed by atoms with Gasteiger partial charge in [-0.15, -0.1) is 0 Å². The Morgan fingerprint density at radius 2 is 2.36 bits per heavy atom. The van der Waals surface area contributed by atoms with E-state index >= 15 is 0 Å². The van der Waals surface area contributed by atoms with Crippen LogP contribution in [0.4, 0.5) is 6.01 Å². The predicted octanol–water partition coefficient (Wildman–Crippen LogP) is 0.316. The van der Waals surface area contributed by atoms with Crippen molar-refractivity contribution in [3.05, 3.63) is 5.82 Å². The summed E-state index contributed by atoms with van der Waals surface area (Å²) in [6.07, 6.45) is 0.993. The van der Waals surface area contributed by atoms with E-state index < -0.39 is 0 Å². The minimum absolute atomic E-state index is 0.144. The van der Waals surface area contributed by atoms with Crippen LogP contribution in [-0.4, -0.2) is 29.1 Å². The van der Waals surface area contributed by atoms with Crippen LogP contribution in [0.15, 0.2) is 4.52 Å². The minimum atomic E-state index is -0.179. The van der Waals surface area contributed by atoms with Gasteiger partial charge in [0.25, 0.3) is 0 Å². The van der Waals surface area contributed by atoms with E-state index in [0.29, 0.717) is 5.82 Å². The fourth-order valence-electron chi connectivity index (χ4n) is 0.890. The molecule has 0 saturated carbocycles. The molecule has 0 bridgehead atoms. The van der Waals surface area contributed by atoms with E-state index in [9.17, 15) is 4.79 Å². The second-order valence-electron chi connectivity index (χ2n) is 2.87. The minimum Gasteiger partial charge on any atom is -0.315 e. The van der Waals surface area contributed by atoms with Crippen LogP contribution in [0.2, 0.25) is 0 Å². The molecule has 0 aliphatic carbocycles. The summed E-state index contributed by atoms with van der Waals surface area (Å²) in [4.78, 5) is 15.0. The van der Waals surface area contributed by atoms with Crippen LogP contribution in [0.1, 0.15) is 19.2 Å². The van der Waals surface area contributed by atoms with Gasteiger partial charge in [-0.1, -0.05) is 12.1 Å². The van der Waals surface area contributed by atoms with E-state index in [0.717, 1.165) is 13.0 Å². The second kappa shape index (κ2) is 5.33. The Balaban J connectivity index is 2.27. The molecule has 14 heavy (non-hydrogen) atoms. The molecule has 0 aliphatic rings. The average Bonchev–Trinajstić information content (AvgIpc) is 2.52. The number of hydrogen-bond donors (Lipinski definition) is 2. The zero-order chi connectivity index (χ0) is 10.4. The molecule has 6 heteroatoms. The van der Waals surface area contributed by atoms with Crippen molar-refractivity contribution in [2.24, 2.45) is 0 Å². The van der Waals surface area contributed by atoms with Crippen LogP contribution in [0, 0.1) is 6.92 Å². The van der Waals surface area contributed by atoms with Crippen molar-refractivity contribution in [3.63, 3.8) is 0 Å². The highest BCUT2D eigenvalue weighted by molar-refractivity contribution is 5.90. The zero-order valence-electron chi connectivity index (χ0n) is 8.33. The molecule has 0 radical (unpaired) electrons. The lowest BCUT2D eigenvalue weighted by Gasteiger charge is -2.00. The van der Waals surface area contributed by atoms with E-state index in [2.05, 4.69) is 20.8 Å². The van der Waals surface area contributed by atoms with Gasteiger partial charge in [-0.25, -0.2) is 0 Å². The normalized spacial score (nSPS) is 10.1. The molecule has 1 aromatic heterocycles. The Kier molecular flexibility index (Phi) is 4.06. The lowest BCUT2D eigenvalue weighted by molar-refractivity contribution is -0.115. The summed E-state index contributed by atoms with van der Waals surface area (Å²) in [5, 5.41) is 8.98. The molecular weight excluding hydrogens is 184 g/mol. The van der Waals surface area contributed by atoms with Crippen molar-refractivity contribution in [3.8, 4) is 0 Å². The largest absolute Gasteiger partial charge is 0.328 e. The fourth-order valence-corrected chi connectivity index (χ4v) is 0.890. The van der Waals surface area contributed by atoms with Gasteiger partial charge in [0.15, 0.2) is 5.82 Å². The van der Waals surface area contributed by atoms with Crippen molar-refractivity contribution >= 4 is 11.9 Å². The molecule has 0 aliphatic heterocycles. The van der Waals surface area contributed by atoms with Crippen LogP contribution in [0.5, 0.6) is 0 Å². The molecule has 0 atom stereocenters. The first-order valence-electron chi connectivity index (χ1n) is 4.53. The molecule has 6 nitrogen and oxygen atoms in total. The maximum Gasteiger partial charge on any atom is 0.328 e. The summed E-state index contributed by atoms with van der Waals surface area (Å²) in [5.41, 5.74) is 0. The molecule has 1 aromatic rings. The lowest BCUT2D eigenvalue weighted by Crippen LogP contribution is -2.28. The average molecular weight is 198 g/mol. The van der Waals surface area contributed by atoms with Crippen LogP contribution in [0.3, 0.4) is 0 Å². The van der Waals surface area contributed by atoms with Gasteiger partial charge in [-0.2, -0.15) is 4.98 Å². The summed E-state index contributed by atoms with van der Waals surface area (Å²) in [6.45, 7) is 4.80. The maximum absolute atomic E-state index is 11.2. The number of carbonyl (C=O) groups is 1. The van der Waals surface area contributed by atoms with Crippen LogP contribution >= 0.6 is 0 Å². The van der Waals surface area contributed by atoms with Gasteiger partial charge in [0.1, 0.15) is 0 Å². The number of rotatable bonds is 5. The highest BCUT2D eigenvalue weighted by Gasteiger charge is 2.06. The second-order valence-corrected chi connectivity index (χ2v) is 2.87. The highest BCUT2D eigenvalue weighted by Crippen LogP contribution is 2.00. The standard InChI is InChI=1S/C8H14N4O2/c1-3-4-9-5-7(13)11-8-10-6(2)12-14-8/h9H,3-5H2,1-2H3,(H,10,11,12,13). The first-order valence-corrected chi connectivity index (χ1v) is 4.53. The van der Waals surface area contributed by atoms with Crippen molar-refractivity contribution < 1.29 is 9.32 Å². The quantitative estimate of drug-likeness (QED) is 0.666. The summed E-state index contributed by atoms with van der Waals surface area (Å²) in [5.74, 6) is 0.323. The van der Waals surface area contributed by atoms with Gasteiger partial charge in [-0.3, -0.25) is 10.1 Å². The van der Waals surface area contributed by atoms with Gasteiger partial charge >= 0.3 is 6.01 Å². The zero-order valence-corrected chi connectivity index (χ0v) is 8.33. The molecule has 78 valence electrons. The Bertz CT molecular complexity index is 297. The number of hydrogen-bond acceptors (Lipinski definition) is 5. The van der Waals surface area contributed by atoms with Crippen molar-refractivity contribution in [2.75, 3.05) is 18.4 Å². The lowest BCUT2D eigenvalue weighted by atomic mass is 10.4. The summed E-state index contributed by atoms with van der Waals surface area (Å²) < 4.78 is 4.72. The van der Waals surface area contributed by atoms with Gasteiger partial charge in [0.05, 0.1) is 6.54 Å². The number of nitrogens with one attached hydrogen (secondary N) is 2. The predicted molar refractivity (Wildman–Crippen MR) is 50.8 cm³/mol. The molecule has 1 rings (SSSR count). The van der Waals surface area contributed by atoms with E-state index in [1.807, 2.05) is 6.92 Å². The molecular formula is C8H14N4O2. The van der Waals surface area contributed by atoms with Crippen molar-refractivity contribution in [2.45, 2.75) is 20.3 Å². The number of carbonyl (C=O) groups excluding carboxylic acids is 1. The SMILES string of the molecule is CCCNCC(=O)Nc1nc(C)no1. The number of aromatic nitrogens is 2. The maximum atomic E-state index is 11.2. The molecule has 2 N–H and O–H groups in total. The Morgan fingerprint density at radius 1 is 1.57 bits per heavy atom. The van der Waals surface area contributed by atoms with E-state index in [4.69, 9.17) is 4.52 Å². The third-order valence-electron chi connectivity index (χ3n) is 1.49. The van der Waals surface area contributed by atoms with E-state index in [1.165, 1.54) is 0 Å². The summed E-state index contributed by atoms with van der Waals surface area (Å²) in [6, 6.07) is 0.144. The van der Waals surface area contributed by atoms with E-state index in [1.54, 1.807) is 6.92 Å². The number of amides is 1. The van der Waals surface area contributed by atoms with Gasteiger partial charge in [0, 0.05) is 0 Å². The smallest absolute Gasteiger partial charge is 0.315 e. The topological polar surface area (TPSA) is 80.0 Å². The molecule has 1 amide bonds. The fraction of sp³-hybridized carbons (Fsp3) is 0.625. The monoisotopic (exact) mass is 198 g/mol. The number of aryl methyl sites for hydroxylation is 1. The molecule has 0 spiro atoms. The van der Waals surface area contributed by atoms with Gasteiger partial charge < -0.3 is 9.84 Å². The van der Waals surface area contributed by atoms with E-state index in [-0.39, 0.29) is 18.5 Å². The van der Waals surface area contributed by atoms with Gasteiger partial charge in [-0.05, 0) is 19.9 Å². The van der Waals surface area contributed by atoms with Crippen LogP contribution in [0.25, 0.3) is 0 Å². The molecule has 0 unspecified atom stereocenters. The Labute approximate surface area is 82.1 Å². The Morgan fingerprint density at radius 3 is 2.93 bits per heavy atom. The third kappa shape index (κ3) is 3.53. The number of nitrogens with zero attached hydrogens (tertiary/aromatic N) is 2. The molecule has 1 heterocycles. The first-order chi connectivity index (χ1) is 6.72. The molecule has 0 fully saturated rings. The van der Waals surface area contributed by atoms with Gasteiger partial charge in [0.2, 0.25) is 5.91 Å². The van der Waals surface area contributed by atoms with Crippen LogP contribution < -0.4 is 10.6 Å². The van der Waals surface area contributed by atoms with Crippen LogP contribution in [-0.2, 0) is 4.79 Å². The summed E-state index contributed by atoms with van der Waals surface area (Å²) in [7, 11) is 0. The molecule has 0 saturated heterocycles. The molecule has 0 aromatic carbocycles.